The van der Waals surface area contributed by atoms with Crippen molar-refractivity contribution in [3.05, 3.63) is 70.5 Å². The Morgan fingerprint density at radius 1 is 1.21 bits per heavy atom. The fourth-order valence-corrected chi connectivity index (χ4v) is 5.10. The largest absolute Gasteiger partial charge is 0.507 e. The Labute approximate surface area is 190 Å². The number of hydrogen-bond donors (Lipinski definition) is 1. The number of ether oxygens (including phenoxy) is 1. The van der Waals surface area contributed by atoms with Gasteiger partial charge < -0.3 is 19.6 Å². The normalized spacial score (nSPS) is 26.0. The van der Waals surface area contributed by atoms with E-state index in [0.717, 1.165) is 12.5 Å². The van der Waals surface area contributed by atoms with Crippen LogP contribution in [-0.4, -0.2) is 53.9 Å². The molecule has 2 amide bonds. The average Bonchev–Trinajstić information content (AvgIpc) is 3.46. The first-order chi connectivity index (χ1) is 15.8. The molecule has 8 heteroatoms. The fraction of sp³-hybridized carbons (Fsp3) is 0.320. The molecule has 3 aliphatic rings. The van der Waals surface area contributed by atoms with E-state index in [2.05, 4.69) is 0 Å². The van der Waals surface area contributed by atoms with Crippen molar-refractivity contribution in [2.24, 2.45) is 0 Å². The molecule has 2 atom stereocenters. The second-order valence-electron chi connectivity index (χ2n) is 8.66. The predicted octanol–water partition coefficient (Wildman–Crippen LogP) is 2.87. The van der Waals surface area contributed by atoms with Crippen LogP contribution in [0, 0.1) is 12.7 Å². The van der Waals surface area contributed by atoms with Crippen LogP contribution in [0.25, 0.3) is 5.76 Å². The molecule has 2 aromatic rings. The van der Waals surface area contributed by atoms with E-state index in [0.29, 0.717) is 29.8 Å². The smallest absolute Gasteiger partial charge is 0.296 e. The Hall–Kier alpha value is -3.52. The zero-order valence-electron chi connectivity index (χ0n) is 18.3. The molecule has 2 fully saturated rings. The van der Waals surface area contributed by atoms with Gasteiger partial charge in [-0.3, -0.25) is 14.4 Å². The van der Waals surface area contributed by atoms with Crippen LogP contribution in [0.3, 0.4) is 0 Å². The number of carbonyl (C=O) groups is 3. The van der Waals surface area contributed by atoms with Gasteiger partial charge in [0.1, 0.15) is 11.6 Å². The highest BCUT2D eigenvalue weighted by Gasteiger charge is 2.67. The van der Waals surface area contributed by atoms with Gasteiger partial charge in [-0.25, -0.2) is 4.39 Å². The third-order valence-electron chi connectivity index (χ3n) is 6.79. The zero-order chi connectivity index (χ0) is 23.5. The van der Waals surface area contributed by atoms with Gasteiger partial charge in [0.15, 0.2) is 5.54 Å². The number of rotatable bonds is 3. The molecule has 170 valence electrons. The average molecular weight is 450 g/mol. The first kappa shape index (κ1) is 21.3. The Balaban J connectivity index is 1.79. The van der Waals surface area contributed by atoms with E-state index in [1.165, 1.54) is 21.9 Å². The molecular formula is C25H23FN2O5. The number of ketones is 1. The van der Waals surface area contributed by atoms with E-state index in [9.17, 15) is 23.9 Å². The maximum absolute atomic E-state index is 14.3. The van der Waals surface area contributed by atoms with Crippen LogP contribution in [0.15, 0.2) is 48.0 Å². The molecule has 33 heavy (non-hydrogen) atoms. The summed E-state index contributed by atoms with van der Waals surface area (Å²) >= 11 is 0. The van der Waals surface area contributed by atoms with Gasteiger partial charge in [0.25, 0.3) is 17.6 Å². The van der Waals surface area contributed by atoms with Crippen molar-refractivity contribution in [3.63, 3.8) is 0 Å². The summed E-state index contributed by atoms with van der Waals surface area (Å²) in [6.07, 6.45) is 1.17. The van der Waals surface area contributed by atoms with Crippen molar-refractivity contribution in [1.82, 2.24) is 4.90 Å². The molecular weight excluding hydrogens is 427 g/mol. The molecule has 0 saturated carbocycles. The van der Waals surface area contributed by atoms with Crippen LogP contribution in [-0.2, 0) is 24.7 Å². The maximum atomic E-state index is 14.3. The highest BCUT2D eigenvalue weighted by atomic mass is 19.1. The van der Waals surface area contributed by atoms with Gasteiger partial charge >= 0.3 is 0 Å². The molecule has 0 radical (unpaired) electrons. The summed E-state index contributed by atoms with van der Waals surface area (Å²) in [6.45, 7) is 2.14. The van der Waals surface area contributed by atoms with Gasteiger partial charge in [-0.05, 0) is 37.5 Å². The number of fused-ring (bicyclic) bond motifs is 2. The predicted molar refractivity (Wildman–Crippen MR) is 118 cm³/mol. The summed E-state index contributed by atoms with van der Waals surface area (Å²) < 4.78 is 20.0. The molecule has 5 rings (SSSR count). The zero-order valence-corrected chi connectivity index (χ0v) is 18.3. The Morgan fingerprint density at radius 2 is 1.97 bits per heavy atom. The first-order valence-electron chi connectivity index (χ1n) is 10.8. The monoisotopic (exact) mass is 450 g/mol. The number of carbonyl (C=O) groups excluding carboxylic acids is 3. The number of halogens is 1. The molecule has 0 aliphatic carbocycles. The molecule has 0 bridgehead atoms. The number of Topliss-reactive ketones (excluding diaryl/α,β-unsaturated/α-hetero) is 1. The SMILES string of the molecule is Cc1ccc(/C(O)=C2/C(=O)C(=O)N(CC3CCCO3)C23C(=O)N(C)c2ccccc23)cc1F. The number of likely N-dealkylation sites (N-methyl/N-ethyl adjacent to an activating group) is 1. The van der Waals surface area contributed by atoms with Crippen molar-refractivity contribution >= 4 is 29.0 Å². The Kier molecular flexibility index (Phi) is 4.86. The molecule has 2 unspecified atom stereocenters. The van der Waals surface area contributed by atoms with E-state index in [-0.39, 0.29) is 23.8 Å². The quantitative estimate of drug-likeness (QED) is 0.442. The minimum Gasteiger partial charge on any atom is -0.507 e. The molecule has 1 N–H and O–H groups in total. The van der Waals surface area contributed by atoms with Crippen LogP contribution in [0.5, 0.6) is 0 Å². The summed E-state index contributed by atoms with van der Waals surface area (Å²) in [5, 5.41) is 11.3. The van der Waals surface area contributed by atoms with Gasteiger partial charge in [0.05, 0.1) is 11.7 Å². The van der Waals surface area contributed by atoms with Crippen molar-refractivity contribution in [2.75, 3.05) is 25.1 Å². The lowest BCUT2D eigenvalue weighted by Gasteiger charge is -2.35. The molecule has 2 aromatic carbocycles. The fourth-order valence-electron chi connectivity index (χ4n) is 5.10. The number of hydrogen-bond acceptors (Lipinski definition) is 5. The third kappa shape index (κ3) is 2.87. The molecule has 3 aliphatic heterocycles. The second-order valence-corrected chi connectivity index (χ2v) is 8.66. The highest BCUT2D eigenvalue weighted by Crippen LogP contribution is 2.53. The number of nitrogens with zero attached hydrogens (tertiary/aromatic N) is 2. The van der Waals surface area contributed by atoms with Gasteiger partial charge in [-0.15, -0.1) is 0 Å². The number of benzene rings is 2. The number of anilines is 1. The lowest BCUT2D eigenvalue weighted by Crippen LogP contribution is -2.53. The van der Waals surface area contributed by atoms with Crippen LogP contribution in [0.2, 0.25) is 0 Å². The lowest BCUT2D eigenvalue weighted by atomic mass is 9.81. The van der Waals surface area contributed by atoms with Crippen molar-refractivity contribution in [1.29, 1.82) is 0 Å². The molecule has 0 aromatic heterocycles. The number of likely N-dealkylation sites (tertiary alicyclic amines) is 1. The highest BCUT2D eigenvalue weighted by molar-refractivity contribution is 6.50. The summed E-state index contributed by atoms with van der Waals surface area (Å²) in [5.41, 5.74) is -0.867. The van der Waals surface area contributed by atoms with E-state index < -0.39 is 34.7 Å². The van der Waals surface area contributed by atoms with Crippen molar-refractivity contribution in [3.8, 4) is 0 Å². The standard InChI is InChI=1S/C25H23FN2O5/c1-14-9-10-15(12-18(14)26)21(29)20-22(30)23(31)28(13-16-6-5-11-33-16)25(20)17-7-3-4-8-19(17)27(2)24(25)32/h3-4,7-10,12,16,29H,5-6,11,13H2,1-2H3/b21-20+. The number of para-hydroxylation sites is 1. The second kappa shape index (κ2) is 7.52. The van der Waals surface area contributed by atoms with E-state index in [1.807, 2.05) is 0 Å². The summed E-state index contributed by atoms with van der Waals surface area (Å²) in [5.74, 6) is -3.56. The minimum absolute atomic E-state index is 0.0208. The minimum atomic E-state index is -1.85. The van der Waals surface area contributed by atoms with Crippen LogP contribution < -0.4 is 4.90 Å². The third-order valence-corrected chi connectivity index (χ3v) is 6.79. The molecule has 1 spiro atoms. The first-order valence-corrected chi connectivity index (χ1v) is 10.8. The van der Waals surface area contributed by atoms with Gasteiger partial charge in [-0.1, -0.05) is 30.3 Å². The Morgan fingerprint density at radius 3 is 2.67 bits per heavy atom. The van der Waals surface area contributed by atoms with Gasteiger partial charge in [0.2, 0.25) is 0 Å². The van der Waals surface area contributed by atoms with E-state index in [4.69, 9.17) is 4.74 Å². The molecule has 3 heterocycles. The van der Waals surface area contributed by atoms with Gasteiger partial charge in [-0.2, -0.15) is 0 Å². The molecule has 7 nitrogen and oxygen atoms in total. The number of aliphatic hydroxyl groups excluding tert-OH is 1. The summed E-state index contributed by atoms with van der Waals surface area (Å²) in [4.78, 5) is 43.1. The van der Waals surface area contributed by atoms with Crippen LogP contribution in [0.1, 0.15) is 29.5 Å². The number of aliphatic hydroxyl groups is 1. The van der Waals surface area contributed by atoms with Crippen molar-refractivity contribution in [2.45, 2.75) is 31.4 Å². The van der Waals surface area contributed by atoms with Crippen LogP contribution >= 0.6 is 0 Å². The number of aryl methyl sites for hydroxylation is 1. The number of amides is 2. The van der Waals surface area contributed by atoms with Crippen molar-refractivity contribution < 1.29 is 28.6 Å². The maximum Gasteiger partial charge on any atom is 0.296 e. The van der Waals surface area contributed by atoms with E-state index in [1.54, 1.807) is 38.2 Å². The lowest BCUT2D eigenvalue weighted by molar-refractivity contribution is -0.145. The van der Waals surface area contributed by atoms with Crippen LogP contribution in [0.4, 0.5) is 10.1 Å². The summed E-state index contributed by atoms with van der Waals surface area (Å²) in [7, 11) is 1.56. The molecule has 2 saturated heterocycles. The van der Waals surface area contributed by atoms with E-state index >= 15 is 0 Å². The Bertz CT molecular complexity index is 1230. The topological polar surface area (TPSA) is 87.1 Å². The summed E-state index contributed by atoms with van der Waals surface area (Å²) in [6, 6.07) is 10.9. The van der Waals surface area contributed by atoms with Gasteiger partial charge in [0, 0.05) is 37.0 Å².